The summed E-state index contributed by atoms with van der Waals surface area (Å²) in [5.74, 6) is 0.241. The second-order valence-corrected chi connectivity index (χ2v) is 8.19. The Bertz CT molecular complexity index is 1150. The fourth-order valence-electron chi connectivity index (χ4n) is 4.25. The zero-order valence-electron chi connectivity index (χ0n) is 18.8. The van der Waals surface area contributed by atoms with Gasteiger partial charge in [0.05, 0.1) is 6.04 Å². The van der Waals surface area contributed by atoms with Gasteiger partial charge in [0.15, 0.2) is 0 Å². The lowest BCUT2D eigenvalue weighted by atomic mass is 9.78. The van der Waals surface area contributed by atoms with Crippen LogP contribution in [0.5, 0.6) is 5.75 Å². The van der Waals surface area contributed by atoms with Crippen molar-refractivity contribution in [3.8, 4) is 5.75 Å². The summed E-state index contributed by atoms with van der Waals surface area (Å²) in [4.78, 5) is 4.92. The van der Waals surface area contributed by atoms with Gasteiger partial charge in [0.25, 0.3) is 0 Å². The highest BCUT2D eigenvalue weighted by Crippen LogP contribution is 2.36. The fourth-order valence-corrected chi connectivity index (χ4v) is 4.25. The number of phenolic OH excluding ortho intramolecular Hbond substituents is 1. The van der Waals surface area contributed by atoms with Crippen molar-refractivity contribution in [1.29, 1.82) is 0 Å². The molecule has 0 spiro atoms. The normalized spacial score (nSPS) is 12.7. The van der Waals surface area contributed by atoms with E-state index in [0.717, 1.165) is 28.7 Å². The van der Waals surface area contributed by atoms with E-state index in [1.54, 1.807) is 6.21 Å². The van der Waals surface area contributed by atoms with Gasteiger partial charge in [-0.2, -0.15) is 0 Å². The zero-order valence-corrected chi connectivity index (χ0v) is 18.8. The van der Waals surface area contributed by atoms with Crippen molar-refractivity contribution in [3.05, 3.63) is 137 Å². The third kappa shape index (κ3) is 4.89. The minimum absolute atomic E-state index is 0.241. The van der Waals surface area contributed by atoms with E-state index < -0.39 is 11.6 Å². The number of aromatic hydroxyl groups is 1. The summed E-state index contributed by atoms with van der Waals surface area (Å²) in [6.45, 7) is 2.01. The van der Waals surface area contributed by atoms with E-state index in [1.807, 2.05) is 116 Å². The third-order valence-electron chi connectivity index (χ3n) is 6.11. The SMILES string of the molecule is CCc1cccc(C=N[C@@H](Cc2ccccc2)C(O)(c2ccccc2)c2ccccc2)c1O. The average molecular weight is 436 g/mol. The summed E-state index contributed by atoms with van der Waals surface area (Å²) >= 11 is 0. The van der Waals surface area contributed by atoms with Crippen molar-refractivity contribution in [2.75, 3.05) is 0 Å². The van der Waals surface area contributed by atoms with E-state index in [-0.39, 0.29) is 5.75 Å². The van der Waals surface area contributed by atoms with Gasteiger partial charge >= 0.3 is 0 Å². The molecule has 0 aliphatic carbocycles. The van der Waals surface area contributed by atoms with Gasteiger partial charge < -0.3 is 10.2 Å². The average Bonchev–Trinajstić information content (AvgIpc) is 2.88. The molecule has 0 unspecified atom stereocenters. The molecule has 0 aromatic heterocycles. The molecule has 3 nitrogen and oxygen atoms in total. The number of aliphatic imine (C=N–C) groups is 1. The zero-order chi connectivity index (χ0) is 23.1. The Kier molecular flexibility index (Phi) is 7.01. The van der Waals surface area contributed by atoms with Crippen LogP contribution in [0.3, 0.4) is 0 Å². The van der Waals surface area contributed by atoms with E-state index >= 15 is 0 Å². The molecule has 33 heavy (non-hydrogen) atoms. The van der Waals surface area contributed by atoms with E-state index in [2.05, 4.69) is 0 Å². The lowest BCUT2D eigenvalue weighted by molar-refractivity contribution is 0.0528. The van der Waals surface area contributed by atoms with Crippen LogP contribution >= 0.6 is 0 Å². The molecule has 0 heterocycles. The Morgan fingerprint density at radius 2 is 1.30 bits per heavy atom. The molecule has 4 aromatic carbocycles. The molecule has 0 bridgehead atoms. The minimum Gasteiger partial charge on any atom is -0.507 e. The monoisotopic (exact) mass is 435 g/mol. The van der Waals surface area contributed by atoms with Crippen molar-refractivity contribution in [2.24, 2.45) is 4.99 Å². The maximum absolute atomic E-state index is 12.3. The fraction of sp³-hybridized carbons (Fsp3) is 0.167. The van der Waals surface area contributed by atoms with Gasteiger partial charge in [-0.3, -0.25) is 4.99 Å². The van der Waals surface area contributed by atoms with Crippen LogP contribution in [0.4, 0.5) is 0 Å². The molecule has 4 rings (SSSR count). The number of hydrogen-bond acceptors (Lipinski definition) is 3. The minimum atomic E-state index is -1.35. The molecule has 2 N–H and O–H groups in total. The molecule has 3 heteroatoms. The van der Waals surface area contributed by atoms with Crippen LogP contribution in [0.1, 0.15) is 34.7 Å². The quantitative estimate of drug-likeness (QED) is 0.338. The second kappa shape index (κ2) is 10.3. The molecule has 0 saturated carbocycles. The summed E-state index contributed by atoms with van der Waals surface area (Å²) in [6, 6.07) is 34.6. The summed E-state index contributed by atoms with van der Waals surface area (Å²) in [6.07, 6.45) is 2.96. The molecular weight excluding hydrogens is 406 g/mol. The molecule has 4 aromatic rings. The number of rotatable bonds is 8. The summed E-state index contributed by atoms with van der Waals surface area (Å²) in [5, 5.41) is 23.0. The molecule has 0 aliphatic rings. The van der Waals surface area contributed by atoms with Crippen LogP contribution in [0.15, 0.2) is 114 Å². The lowest BCUT2D eigenvalue weighted by Gasteiger charge is -2.35. The predicted molar refractivity (Wildman–Crippen MR) is 135 cm³/mol. The van der Waals surface area contributed by atoms with Gasteiger partial charge in [-0.05, 0) is 41.2 Å². The highest BCUT2D eigenvalue weighted by Gasteiger charge is 2.40. The highest BCUT2D eigenvalue weighted by molar-refractivity contribution is 5.84. The Morgan fingerprint density at radius 1 is 0.758 bits per heavy atom. The topological polar surface area (TPSA) is 52.8 Å². The van der Waals surface area contributed by atoms with Crippen molar-refractivity contribution in [1.82, 2.24) is 0 Å². The van der Waals surface area contributed by atoms with Crippen molar-refractivity contribution < 1.29 is 10.2 Å². The summed E-state index contributed by atoms with van der Waals surface area (Å²) < 4.78 is 0. The first-order valence-electron chi connectivity index (χ1n) is 11.3. The first kappa shape index (κ1) is 22.5. The van der Waals surface area contributed by atoms with Crippen LogP contribution < -0.4 is 0 Å². The largest absolute Gasteiger partial charge is 0.507 e. The first-order valence-corrected chi connectivity index (χ1v) is 11.3. The summed E-state index contributed by atoms with van der Waals surface area (Å²) in [7, 11) is 0. The number of para-hydroxylation sites is 1. The van der Waals surface area contributed by atoms with E-state index in [9.17, 15) is 10.2 Å². The number of hydrogen-bond donors (Lipinski definition) is 2. The number of aliphatic hydroxyl groups is 1. The maximum atomic E-state index is 12.3. The van der Waals surface area contributed by atoms with Gasteiger partial charge in [-0.25, -0.2) is 0 Å². The molecule has 0 aliphatic heterocycles. The standard InChI is InChI=1S/C30H29NO2/c1-2-24-15-12-16-25(29(24)32)22-31-28(21-23-13-6-3-7-14-23)30(33,26-17-8-4-9-18-26)27-19-10-5-11-20-27/h3-20,22,28,32-33H,2,21H2,1H3/t28-/m0/s1. The van der Waals surface area contributed by atoms with E-state index in [1.165, 1.54) is 0 Å². The van der Waals surface area contributed by atoms with Crippen LogP contribution in [0.25, 0.3) is 0 Å². The molecule has 0 radical (unpaired) electrons. The Hall–Kier alpha value is -3.69. The van der Waals surface area contributed by atoms with Crippen LogP contribution in [0.2, 0.25) is 0 Å². The molecule has 1 atom stereocenters. The smallest absolute Gasteiger partial charge is 0.137 e. The van der Waals surface area contributed by atoms with Crippen LogP contribution in [-0.4, -0.2) is 22.5 Å². The number of phenols is 1. The van der Waals surface area contributed by atoms with Gasteiger partial charge in [0, 0.05) is 11.8 Å². The number of aryl methyl sites for hydroxylation is 1. The van der Waals surface area contributed by atoms with Crippen molar-refractivity contribution in [2.45, 2.75) is 31.4 Å². The maximum Gasteiger partial charge on any atom is 0.137 e. The third-order valence-corrected chi connectivity index (χ3v) is 6.11. The molecule has 0 fully saturated rings. The Balaban J connectivity index is 1.85. The second-order valence-electron chi connectivity index (χ2n) is 8.19. The first-order chi connectivity index (χ1) is 16.1. The van der Waals surface area contributed by atoms with Crippen LogP contribution in [-0.2, 0) is 18.4 Å². The van der Waals surface area contributed by atoms with Gasteiger partial charge in [-0.1, -0.05) is 110 Å². The Morgan fingerprint density at radius 3 is 1.85 bits per heavy atom. The Labute approximate surface area is 195 Å². The predicted octanol–water partition coefficient (Wildman–Crippen LogP) is 5.92. The summed E-state index contributed by atoms with van der Waals surface area (Å²) in [5.41, 5.74) is 2.81. The van der Waals surface area contributed by atoms with Gasteiger partial charge in [0.1, 0.15) is 11.4 Å². The van der Waals surface area contributed by atoms with Gasteiger partial charge in [0.2, 0.25) is 0 Å². The van der Waals surface area contributed by atoms with Crippen molar-refractivity contribution in [3.63, 3.8) is 0 Å². The van der Waals surface area contributed by atoms with Gasteiger partial charge in [-0.15, -0.1) is 0 Å². The van der Waals surface area contributed by atoms with Crippen molar-refractivity contribution >= 4 is 6.21 Å². The molecule has 166 valence electrons. The van der Waals surface area contributed by atoms with Crippen LogP contribution in [0, 0.1) is 0 Å². The highest BCUT2D eigenvalue weighted by atomic mass is 16.3. The molecular formula is C30H29NO2. The number of nitrogens with zero attached hydrogens (tertiary/aromatic N) is 1. The molecule has 0 amide bonds. The molecule has 0 saturated heterocycles. The lowest BCUT2D eigenvalue weighted by Crippen LogP contribution is -2.41. The van der Waals surface area contributed by atoms with E-state index in [0.29, 0.717) is 12.0 Å². The number of benzene rings is 4. The van der Waals surface area contributed by atoms with E-state index in [4.69, 9.17) is 4.99 Å².